The van der Waals surface area contributed by atoms with E-state index in [0.29, 0.717) is 18.0 Å². The van der Waals surface area contributed by atoms with Gasteiger partial charge in [-0.3, -0.25) is 9.69 Å². The van der Waals surface area contributed by atoms with Gasteiger partial charge in [0.25, 0.3) is 5.91 Å². The van der Waals surface area contributed by atoms with E-state index >= 15 is 0 Å². The molecule has 41 heavy (non-hydrogen) atoms. The molecule has 0 unspecified atom stereocenters. The van der Waals surface area contributed by atoms with Crippen molar-refractivity contribution in [3.63, 3.8) is 0 Å². The molecule has 3 aromatic heterocycles. The minimum atomic E-state index is -2.27. The fraction of sp³-hybridized carbons (Fsp3) is 0.423. The Morgan fingerprint density at radius 2 is 1.85 bits per heavy atom. The maximum absolute atomic E-state index is 13.9. The fourth-order valence-corrected chi connectivity index (χ4v) is 6.01. The first-order valence-electron chi connectivity index (χ1n) is 12.7. The molecule has 0 aliphatic carbocycles. The van der Waals surface area contributed by atoms with Crippen LogP contribution in [-0.2, 0) is 32.9 Å². The zero-order valence-corrected chi connectivity index (χ0v) is 22.9. The van der Waals surface area contributed by atoms with Gasteiger partial charge in [0.2, 0.25) is 0 Å². The molecule has 1 amide bonds. The molecule has 5 heterocycles. The molecule has 5 rings (SSSR count). The van der Waals surface area contributed by atoms with Gasteiger partial charge in [0.05, 0.1) is 17.9 Å². The summed E-state index contributed by atoms with van der Waals surface area (Å²) in [5, 5.41) is 37.0. The second-order valence-corrected chi connectivity index (χ2v) is 10.8. The number of primary amides is 1. The van der Waals surface area contributed by atoms with Crippen LogP contribution in [0.5, 0.6) is 0 Å². The van der Waals surface area contributed by atoms with Crippen LogP contribution in [0.25, 0.3) is 5.82 Å². The van der Waals surface area contributed by atoms with Crippen molar-refractivity contribution in [2.45, 2.75) is 50.5 Å². The summed E-state index contributed by atoms with van der Waals surface area (Å²) in [6.45, 7) is 5.07. The number of likely N-dealkylation sites (tertiary alicyclic amines) is 1. The highest BCUT2D eigenvalue weighted by Crippen LogP contribution is 2.45. The second-order valence-electron chi connectivity index (χ2n) is 9.76. The first-order chi connectivity index (χ1) is 19.4. The highest BCUT2D eigenvalue weighted by molar-refractivity contribution is 7.10. The van der Waals surface area contributed by atoms with Gasteiger partial charge in [-0.1, -0.05) is 0 Å². The quantitative estimate of drug-likeness (QED) is 0.260. The number of halogens is 1. The Hall–Kier alpha value is -3.76. The maximum atomic E-state index is 13.9. The summed E-state index contributed by atoms with van der Waals surface area (Å²) in [6, 6.07) is 5.01. The highest BCUT2D eigenvalue weighted by Gasteiger charge is 2.42. The number of aliphatic hydroxyl groups excluding tert-OH is 2. The van der Waals surface area contributed by atoms with E-state index in [1.165, 1.54) is 11.3 Å². The van der Waals surface area contributed by atoms with Gasteiger partial charge < -0.3 is 30.9 Å². The van der Waals surface area contributed by atoms with Crippen LogP contribution in [0.15, 0.2) is 30.6 Å². The predicted octanol–water partition coefficient (Wildman–Crippen LogP) is 0.817. The summed E-state index contributed by atoms with van der Waals surface area (Å²) >= 11 is 1.24. The summed E-state index contributed by atoms with van der Waals surface area (Å²) < 4.78 is 21.7. The number of hydrogen-bond acceptors (Lipinski definition) is 10. The third-order valence-corrected chi connectivity index (χ3v) is 8.23. The number of carboxylic acid groups (broad SMARTS) is 2. The molecule has 3 aromatic rings. The van der Waals surface area contributed by atoms with Crippen LogP contribution < -0.4 is 5.73 Å². The number of piperidine rings is 1. The molecule has 0 saturated carbocycles. The smallest absolute Gasteiger partial charge is 0.335 e. The Bertz CT molecular complexity index is 1420. The van der Waals surface area contributed by atoms with Gasteiger partial charge in [0, 0.05) is 42.5 Å². The standard InChI is InChI=1S/C22H24FN5O2S.C4H6O6/c1-14-16(13-28(26-14)21-17(20(24)29)3-2-7-25-21)12-27-8-5-22(6-9-27)19-15(4-10-30-22)11-18(23)31-19;5-1(3(7)8)2(6)4(9)10/h2-3,7,11,13H,4-6,8-10,12H2,1H3,(H2,24,29);1-2,5-6H,(H,7,8)(H,9,10)/t;1-,2-/m.1/s1. The van der Waals surface area contributed by atoms with Crippen LogP contribution in [0.2, 0.25) is 0 Å². The fourth-order valence-electron chi connectivity index (χ4n) is 4.87. The molecule has 2 aliphatic heterocycles. The molecule has 2 aliphatic rings. The van der Waals surface area contributed by atoms with E-state index in [4.69, 9.17) is 30.9 Å². The lowest BCUT2D eigenvalue weighted by Crippen LogP contribution is -2.45. The van der Waals surface area contributed by atoms with Crippen LogP contribution in [0.1, 0.15) is 44.9 Å². The number of fused-ring (bicyclic) bond motifs is 2. The van der Waals surface area contributed by atoms with E-state index in [2.05, 4.69) is 15.0 Å². The number of aromatic nitrogens is 3. The largest absolute Gasteiger partial charge is 0.479 e. The number of aliphatic hydroxyl groups is 2. The number of carbonyl (C=O) groups excluding carboxylic acids is 1. The Morgan fingerprint density at radius 3 is 2.46 bits per heavy atom. The Morgan fingerprint density at radius 1 is 1.20 bits per heavy atom. The van der Waals surface area contributed by atoms with Crippen molar-refractivity contribution in [3.8, 4) is 5.82 Å². The van der Waals surface area contributed by atoms with Gasteiger partial charge in [-0.05, 0) is 49.9 Å². The summed E-state index contributed by atoms with van der Waals surface area (Å²) in [4.78, 5) is 39.0. The number of carbonyl (C=O) groups is 3. The normalized spacial score (nSPS) is 17.7. The number of nitrogens with two attached hydrogens (primary N) is 1. The number of hydrogen-bond donors (Lipinski definition) is 5. The van der Waals surface area contributed by atoms with Gasteiger partial charge in [-0.25, -0.2) is 19.3 Å². The monoisotopic (exact) mass is 591 g/mol. The first-order valence-corrected chi connectivity index (χ1v) is 13.5. The number of thiophene rings is 1. The van der Waals surface area contributed by atoms with Gasteiger partial charge in [0.15, 0.2) is 23.2 Å². The molecule has 15 heteroatoms. The molecule has 1 spiro atoms. The van der Waals surface area contributed by atoms with E-state index in [9.17, 15) is 18.8 Å². The van der Waals surface area contributed by atoms with Crippen LogP contribution in [0, 0.1) is 12.1 Å². The summed E-state index contributed by atoms with van der Waals surface area (Å²) in [5.41, 5.74) is 8.55. The molecule has 2 atom stereocenters. The number of rotatable bonds is 7. The summed E-state index contributed by atoms with van der Waals surface area (Å²) in [7, 11) is 0. The summed E-state index contributed by atoms with van der Waals surface area (Å²) in [5.74, 6) is -3.63. The lowest BCUT2D eigenvalue weighted by atomic mass is 9.85. The predicted molar refractivity (Wildman–Crippen MR) is 142 cm³/mol. The molecule has 1 fully saturated rings. The van der Waals surface area contributed by atoms with E-state index in [1.807, 2.05) is 13.1 Å². The molecule has 0 bridgehead atoms. The maximum Gasteiger partial charge on any atom is 0.335 e. The lowest BCUT2D eigenvalue weighted by Gasteiger charge is -2.43. The number of nitrogens with zero attached hydrogens (tertiary/aromatic N) is 4. The third kappa shape index (κ3) is 6.60. The minimum absolute atomic E-state index is 0.120. The van der Waals surface area contributed by atoms with E-state index in [-0.39, 0.29) is 10.7 Å². The zero-order chi connectivity index (χ0) is 29.9. The van der Waals surface area contributed by atoms with E-state index < -0.39 is 30.1 Å². The molecule has 0 radical (unpaired) electrons. The van der Waals surface area contributed by atoms with Crippen molar-refractivity contribution in [2.24, 2.45) is 5.73 Å². The van der Waals surface area contributed by atoms with Crippen molar-refractivity contribution < 1.29 is 43.9 Å². The number of aliphatic carboxylic acids is 2. The number of aryl methyl sites for hydroxylation is 1. The van der Waals surface area contributed by atoms with Crippen LogP contribution in [0.3, 0.4) is 0 Å². The van der Waals surface area contributed by atoms with Crippen molar-refractivity contribution >= 4 is 29.2 Å². The van der Waals surface area contributed by atoms with Gasteiger partial charge in [-0.2, -0.15) is 9.49 Å². The second kappa shape index (κ2) is 12.4. The van der Waals surface area contributed by atoms with Crippen molar-refractivity contribution in [3.05, 3.63) is 63.0 Å². The van der Waals surface area contributed by atoms with E-state index in [1.54, 1.807) is 29.1 Å². The van der Waals surface area contributed by atoms with Gasteiger partial charge in [0.1, 0.15) is 5.60 Å². The van der Waals surface area contributed by atoms with Crippen molar-refractivity contribution in [2.75, 3.05) is 19.7 Å². The molecule has 1 saturated heterocycles. The number of ether oxygens (including phenoxy) is 1. The third-order valence-electron chi connectivity index (χ3n) is 7.08. The van der Waals surface area contributed by atoms with Crippen molar-refractivity contribution in [1.82, 2.24) is 19.7 Å². The zero-order valence-electron chi connectivity index (χ0n) is 22.1. The topological polar surface area (TPSA) is 201 Å². The Balaban J connectivity index is 0.000000334. The molecular formula is C26H30FN5O8S. The molecule has 0 aromatic carbocycles. The van der Waals surface area contributed by atoms with Gasteiger partial charge in [-0.15, -0.1) is 11.3 Å². The summed E-state index contributed by atoms with van der Waals surface area (Å²) in [6.07, 6.45) is 1.49. The Kier molecular flexibility index (Phi) is 9.14. The minimum Gasteiger partial charge on any atom is -0.479 e. The first kappa shape index (κ1) is 30.2. The molecule has 6 N–H and O–H groups in total. The van der Waals surface area contributed by atoms with E-state index in [0.717, 1.165) is 60.6 Å². The SMILES string of the molecule is Cc1nn(-c2ncccc2C(N)=O)cc1CN1CCC2(CC1)OCCc1cc(F)sc12.O=C(O)[C@H](O)[C@@H](O)C(=O)O. The Labute approximate surface area is 237 Å². The average molecular weight is 592 g/mol. The van der Waals surface area contributed by atoms with Crippen molar-refractivity contribution in [1.29, 1.82) is 0 Å². The number of carboxylic acids is 2. The molecular weight excluding hydrogens is 561 g/mol. The molecule has 220 valence electrons. The number of amides is 1. The average Bonchev–Trinajstić information content (AvgIpc) is 3.51. The highest BCUT2D eigenvalue weighted by atomic mass is 32.1. The van der Waals surface area contributed by atoms with Gasteiger partial charge >= 0.3 is 11.9 Å². The van der Waals surface area contributed by atoms with Crippen LogP contribution in [-0.4, -0.2) is 89.8 Å². The molecule has 13 nitrogen and oxygen atoms in total. The lowest BCUT2D eigenvalue weighted by molar-refractivity contribution is -0.165. The number of pyridine rings is 1. The van der Waals surface area contributed by atoms with Crippen LogP contribution >= 0.6 is 11.3 Å². The van der Waals surface area contributed by atoms with Crippen LogP contribution in [0.4, 0.5) is 4.39 Å².